The molecular weight excluding hydrogens is 257 g/mol. The van der Waals surface area contributed by atoms with Crippen LogP contribution in [0.4, 0.5) is 0 Å². The molecule has 0 aliphatic carbocycles. The Morgan fingerprint density at radius 3 is 2.53 bits per heavy atom. The van der Waals surface area contributed by atoms with Crippen molar-refractivity contribution < 1.29 is 4.74 Å². The first kappa shape index (κ1) is 14.8. The van der Waals surface area contributed by atoms with Crippen LogP contribution in [0.15, 0.2) is 18.2 Å². The second-order valence-electron chi connectivity index (χ2n) is 4.42. The lowest BCUT2D eigenvalue weighted by Gasteiger charge is -2.33. The largest absolute Gasteiger partial charge is 0.377 e. The second kappa shape index (κ2) is 6.05. The summed E-state index contributed by atoms with van der Waals surface area (Å²) in [6.07, 6.45) is 1.53. The molecule has 0 radical (unpaired) electrons. The van der Waals surface area contributed by atoms with E-state index in [1.807, 2.05) is 19.1 Å². The van der Waals surface area contributed by atoms with Crippen molar-refractivity contribution in [2.24, 2.45) is 5.73 Å². The third-order valence-electron chi connectivity index (χ3n) is 3.41. The normalized spacial score (nSPS) is 16.6. The smallest absolute Gasteiger partial charge is 0.0801 e. The average Bonchev–Trinajstić information content (AvgIpc) is 2.31. The molecule has 0 heterocycles. The van der Waals surface area contributed by atoms with Crippen LogP contribution >= 0.6 is 23.2 Å². The molecule has 4 heteroatoms. The zero-order valence-corrected chi connectivity index (χ0v) is 12.0. The molecule has 0 fully saturated rings. The SMILES string of the molecule is CCC(C)(OC)C(N)Cc1ccc(Cl)cc1Cl. The highest BCUT2D eigenvalue weighted by molar-refractivity contribution is 6.35. The van der Waals surface area contributed by atoms with Gasteiger partial charge in [0, 0.05) is 23.2 Å². The Morgan fingerprint density at radius 1 is 1.41 bits per heavy atom. The fourth-order valence-corrected chi connectivity index (χ4v) is 2.18. The molecule has 17 heavy (non-hydrogen) atoms. The van der Waals surface area contributed by atoms with Gasteiger partial charge in [-0.05, 0) is 37.5 Å². The van der Waals surface area contributed by atoms with Crippen molar-refractivity contribution in [2.75, 3.05) is 7.11 Å². The predicted molar refractivity (Wildman–Crippen MR) is 73.8 cm³/mol. The molecule has 2 atom stereocenters. The molecule has 0 bridgehead atoms. The van der Waals surface area contributed by atoms with Crippen molar-refractivity contribution in [3.05, 3.63) is 33.8 Å². The number of hydrogen-bond donors (Lipinski definition) is 1. The van der Waals surface area contributed by atoms with Gasteiger partial charge in [-0.15, -0.1) is 0 Å². The van der Waals surface area contributed by atoms with Gasteiger partial charge in [-0.3, -0.25) is 0 Å². The minimum absolute atomic E-state index is 0.101. The average molecular weight is 276 g/mol. The molecule has 0 saturated heterocycles. The van der Waals surface area contributed by atoms with E-state index in [4.69, 9.17) is 33.7 Å². The van der Waals surface area contributed by atoms with Gasteiger partial charge in [0.15, 0.2) is 0 Å². The molecule has 0 aliphatic heterocycles. The monoisotopic (exact) mass is 275 g/mol. The van der Waals surface area contributed by atoms with E-state index >= 15 is 0 Å². The molecule has 2 N–H and O–H groups in total. The van der Waals surface area contributed by atoms with Crippen LogP contribution in [0.5, 0.6) is 0 Å². The maximum atomic E-state index is 6.20. The number of methoxy groups -OCH3 is 1. The Morgan fingerprint density at radius 2 is 2.06 bits per heavy atom. The fraction of sp³-hybridized carbons (Fsp3) is 0.538. The van der Waals surface area contributed by atoms with Crippen molar-refractivity contribution in [2.45, 2.75) is 38.3 Å². The molecular formula is C13H19Cl2NO. The number of rotatable bonds is 5. The highest BCUT2D eigenvalue weighted by Gasteiger charge is 2.30. The van der Waals surface area contributed by atoms with E-state index in [1.54, 1.807) is 13.2 Å². The summed E-state index contributed by atoms with van der Waals surface area (Å²) in [6, 6.07) is 5.37. The summed E-state index contributed by atoms with van der Waals surface area (Å²) in [5.41, 5.74) is 6.87. The molecule has 1 aromatic rings. The molecule has 1 aromatic carbocycles. The molecule has 2 unspecified atom stereocenters. The van der Waals surface area contributed by atoms with Crippen LogP contribution in [0, 0.1) is 0 Å². The summed E-state index contributed by atoms with van der Waals surface area (Å²) in [6.45, 7) is 4.08. The third-order valence-corrected chi connectivity index (χ3v) is 3.99. The molecule has 1 rings (SSSR count). The van der Waals surface area contributed by atoms with Gasteiger partial charge in [-0.1, -0.05) is 36.2 Å². The summed E-state index contributed by atoms with van der Waals surface area (Å²) >= 11 is 12.0. The van der Waals surface area contributed by atoms with E-state index in [-0.39, 0.29) is 11.6 Å². The van der Waals surface area contributed by atoms with Gasteiger partial charge in [0.05, 0.1) is 5.60 Å². The van der Waals surface area contributed by atoms with Crippen LogP contribution in [0.1, 0.15) is 25.8 Å². The lowest BCUT2D eigenvalue weighted by molar-refractivity contribution is -0.0184. The third kappa shape index (κ3) is 3.59. The van der Waals surface area contributed by atoms with Gasteiger partial charge in [0.1, 0.15) is 0 Å². The first-order valence-electron chi connectivity index (χ1n) is 5.67. The Bertz CT molecular complexity index is 378. The highest BCUT2D eigenvalue weighted by Crippen LogP contribution is 2.26. The number of nitrogens with two attached hydrogens (primary N) is 1. The lowest BCUT2D eigenvalue weighted by atomic mass is 9.89. The second-order valence-corrected chi connectivity index (χ2v) is 5.26. The summed E-state index contributed by atoms with van der Waals surface area (Å²) in [5, 5.41) is 1.29. The number of benzene rings is 1. The first-order chi connectivity index (χ1) is 7.92. The van der Waals surface area contributed by atoms with Gasteiger partial charge in [-0.25, -0.2) is 0 Å². The minimum atomic E-state index is -0.330. The molecule has 96 valence electrons. The zero-order valence-electron chi connectivity index (χ0n) is 10.5. The molecule has 0 aromatic heterocycles. The summed E-state index contributed by atoms with van der Waals surface area (Å²) in [4.78, 5) is 0. The molecule has 0 saturated carbocycles. The molecule has 0 amide bonds. The summed E-state index contributed by atoms with van der Waals surface area (Å²) in [5.74, 6) is 0. The van der Waals surface area contributed by atoms with Crippen molar-refractivity contribution in [1.29, 1.82) is 0 Å². The van der Waals surface area contributed by atoms with Gasteiger partial charge in [0.2, 0.25) is 0 Å². The van der Waals surface area contributed by atoms with E-state index in [0.717, 1.165) is 12.0 Å². The number of ether oxygens (including phenoxy) is 1. The van der Waals surface area contributed by atoms with Crippen LogP contribution in [-0.4, -0.2) is 18.8 Å². The topological polar surface area (TPSA) is 35.2 Å². The van der Waals surface area contributed by atoms with Gasteiger partial charge in [0.25, 0.3) is 0 Å². The van der Waals surface area contributed by atoms with Crippen LogP contribution < -0.4 is 5.73 Å². The predicted octanol–water partition coefficient (Wildman–Crippen LogP) is 3.68. The lowest BCUT2D eigenvalue weighted by Crippen LogP contribution is -2.48. The van der Waals surface area contributed by atoms with Gasteiger partial charge < -0.3 is 10.5 Å². The van der Waals surface area contributed by atoms with E-state index in [0.29, 0.717) is 16.5 Å². The minimum Gasteiger partial charge on any atom is -0.377 e. The summed E-state index contributed by atoms with van der Waals surface area (Å²) in [7, 11) is 1.69. The Labute approximate surface area is 113 Å². The molecule has 0 spiro atoms. The number of halogens is 2. The Hall–Kier alpha value is -0.280. The summed E-state index contributed by atoms with van der Waals surface area (Å²) < 4.78 is 5.49. The fourth-order valence-electron chi connectivity index (χ4n) is 1.70. The maximum absolute atomic E-state index is 6.20. The van der Waals surface area contributed by atoms with Crippen LogP contribution in [0.25, 0.3) is 0 Å². The van der Waals surface area contributed by atoms with Crippen LogP contribution in [0.2, 0.25) is 10.0 Å². The Balaban J connectivity index is 2.84. The highest BCUT2D eigenvalue weighted by atomic mass is 35.5. The standard InChI is InChI=1S/C13H19Cl2NO/c1-4-13(2,17-3)12(16)7-9-5-6-10(14)8-11(9)15/h5-6,8,12H,4,7,16H2,1-3H3. The maximum Gasteiger partial charge on any atom is 0.0801 e. The van der Waals surface area contributed by atoms with Crippen molar-refractivity contribution in [3.8, 4) is 0 Å². The van der Waals surface area contributed by atoms with E-state index in [2.05, 4.69) is 6.92 Å². The van der Waals surface area contributed by atoms with E-state index < -0.39 is 0 Å². The quantitative estimate of drug-likeness (QED) is 0.890. The van der Waals surface area contributed by atoms with Crippen LogP contribution in [-0.2, 0) is 11.2 Å². The van der Waals surface area contributed by atoms with E-state index in [9.17, 15) is 0 Å². The van der Waals surface area contributed by atoms with Crippen molar-refractivity contribution >= 4 is 23.2 Å². The van der Waals surface area contributed by atoms with Crippen LogP contribution in [0.3, 0.4) is 0 Å². The van der Waals surface area contributed by atoms with Crippen molar-refractivity contribution in [1.82, 2.24) is 0 Å². The van der Waals surface area contributed by atoms with Gasteiger partial charge >= 0.3 is 0 Å². The molecule has 2 nitrogen and oxygen atoms in total. The molecule has 0 aliphatic rings. The van der Waals surface area contributed by atoms with Crippen molar-refractivity contribution in [3.63, 3.8) is 0 Å². The number of hydrogen-bond acceptors (Lipinski definition) is 2. The first-order valence-corrected chi connectivity index (χ1v) is 6.43. The Kier molecular flexibility index (Phi) is 5.26. The van der Waals surface area contributed by atoms with Gasteiger partial charge in [-0.2, -0.15) is 0 Å². The van der Waals surface area contributed by atoms with E-state index in [1.165, 1.54) is 0 Å². The zero-order chi connectivity index (χ0) is 13.1.